The van der Waals surface area contributed by atoms with Gasteiger partial charge in [-0.25, -0.2) is 0 Å². The van der Waals surface area contributed by atoms with Crippen molar-refractivity contribution in [3.63, 3.8) is 0 Å². The topological polar surface area (TPSA) is 24.5 Å². The highest BCUT2D eigenvalue weighted by Crippen LogP contribution is 2.35. The van der Waals surface area contributed by atoms with Gasteiger partial charge in [-0.05, 0) is 44.2 Å². The third kappa shape index (κ3) is 7.28. The molecule has 0 aromatic heterocycles. The number of hydrogen-bond donors (Lipinski definition) is 1. The van der Waals surface area contributed by atoms with E-state index < -0.39 is 0 Å². The molecule has 0 aromatic carbocycles. The first kappa shape index (κ1) is 16.9. The third-order valence-electron chi connectivity index (χ3n) is 4.42. The second-order valence-electron chi connectivity index (χ2n) is 6.51. The maximum atomic E-state index is 5.96. The first-order valence-electron chi connectivity index (χ1n) is 8.12. The van der Waals surface area contributed by atoms with Gasteiger partial charge in [-0.15, -0.1) is 0 Å². The van der Waals surface area contributed by atoms with Crippen LogP contribution < -0.4 is 5.32 Å². The summed E-state index contributed by atoms with van der Waals surface area (Å²) in [5.41, 5.74) is 0.544. The van der Waals surface area contributed by atoms with E-state index in [0.29, 0.717) is 11.5 Å². The van der Waals surface area contributed by atoms with Crippen LogP contribution in [0.4, 0.5) is 0 Å². The minimum absolute atomic E-state index is 0.512. The van der Waals surface area contributed by atoms with E-state index in [4.69, 9.17) is 4.74 Å². The lowest BCUT2D eigenvalue weighted by atomic mass is 9.76. The van der Waals surface area contributed by atoms with Crippen LogP contribution in [0.3, 0.4) is 0 Å². The molecule has 1 aliphatic rings. The highest BCUT2D eigenvalue weighted by atomic mass is 16.5. The lowest BCUT2D eigenvalue weighted by Crippen LogP contribution is -2.34. The molecule has 0 atom stereocenters. The van der Waals surface area contributed by atoms with E-state index >= 15 is 0 Å². The van der Waals surface area contributed by atoms with Crippen LogP contribution in [0.2, 0.25) is 0 Å². The minimum Gasteiger partial charge on any atom is -0.377 e. The van der Waals surface area contributed by atoms with Gasteiger partial charge in [0.25, 0.3) is 0 Å². The van der Waals surface area contributed by atoms with E-state index in [0.717, 1.165) is 39.3 Å². The molecular formula is C16H34N2O. The second kappa shape index (κ2) is 8.93. The van der Waals surface area contributed by atoms with Gasteiger partial charge in [0.2, 0.25) is 0 Å². The fourth-order valence-corrected chi connectivity index (χ4v) is 2.74. The third-order valence-corrected chi connectivity index (χ3v) is 4.42. The SMILES string of the molecule is CCN(CC)CCNCCOC1CCC(C)(C)CC1. The van der Waals surface area contributed by atoms with Crippen LogP contribution in [-0.2, 0) is 4.74 Å². The van der Waals surface area contributed by atoms with Crippen LogP contribution in [0.1, 0.15) is 53.4 Å². The molecule has 0 spiro atoms. The summed E-state index contributed by atoms with van der Waals surface area (Å²) < 4.78 is 5.96. The molecule has 0 heterocycles. The Balaban J connectivity index is 1.94. The lowest BCUT2D eigenvalue weighted by molar-refractivity contribution is 0.00595. The molecule has 1 N–H and O–H groups in total. The van der Waals surface area contributed by atoms with Gasteiger partial charge >= 0.3 is 0 Å². The van der Waals surface area contributed by atoms with Crippen molar-refractivity contribution in [3.8, 4) is 0 Å². The first-order chi connectivity index (χ1) is 9.07. The highest BCUT2D eigenvalue weighted by Gasteiger charge is 2.26. The molecule has 1 saturated carbocycles. The van der Waals surface area contributed by atoms with Crippen molar-refractivity contribution in [2.45, 2.75) is 59.5 Å². The predicted molar refractivity (Wildman–Crippen MR) is 82.6 cm³/mol. The molecule has 114 valence electrons. The zero-order chi connectivity index (χ0) is 14.1. The maximum absolute atomic E-state index is 5.96. The fourth-order valence-electron chi connectivity index (χ4n) is 2.74. The molecule has 3 nitrogen and oxygen atoms in total. The average Bonchev–Trinajstić information content (AvgIpc) is 2.40. The summed E-state index contributed by atoms with van der Waals surface area (Å²) in [6.45, 7) is 15.5. The van der Waals surface area contributed by atoms with Gasteiger partial charge in [0.15, 0.2) is 0 Å². The standard InChI is InChI=1S/C16H34N2O/c1-5-18(6-2)13-11-17-12-14-19-15-7-9-16(3,4)10-8-15/h15,17H,5-14H2,1-4H3. The number of nitrogens with one attached hydrogen (secondary N) is 1. The van der Waals surface area contributed by atoms with Crippen molar-refractivity contribution >= 4 is 0 Å². The average molecular weight is 270 g/mol. The van der Waals surface area contributed by atoms with Gasteiger partial charge in [0.05, 0.1) is 12.7 Å². The Morgan fingerprint density at radius 3 is 2.32 bits per heavy atom. The largest absolute Gasteiger partial charge is 0.377 e. The Labute approximate surface area is 120 Å². The second-order valence-corrected chi connectivity index (χ2v) is 6.51. The van der Waals surface area contributed by atoms with Gasteiger partial charge in [-0.3, -0.25) is 0 Å². The zero-order valence-corrected chi connectivity index (χ0v) is 13.5. The summed E-state index contributed by atoms with van der Waals surface area (Å²) in [6.07, 6.45) is 5.62. The number of nitrogens with zero attached hydrogens (tertiary/aromatic N) is 1. The van der Waals surface area contributed by atoms with Crippen molar-refractivity contribution in [1.29, 1.82) is 0 Å². The Kier molecular flexibility index (Phi) is 7.96. The van der Waals surface area contributed by atoms with E-state index in [1.165, 1.54) is 25.7 Å². The molecule has 0 amide bonds. The van der Waals surface area contributed by atoms with E-state index in [2.05, 4.69) is 37.9 Å². The van der Waals surface area contributed by atoms with Gasteiger partial charge in [0, 0.05) is 19.6 Å². The lowest BCUT2D eigenvalue weighted by Gasteiger charge is -2.34. The maximum Gasteiger partial charge on any atom is 0.0594 e. The van der Waals surface area contributed by atoms with Crippen LogP contribution in [0.25, 0.3) is 0 Å². The van der Waals surface area contributed by atoms with Crippen molar-refractivity contribution in [1.82, 2.24) is 10.2 Å². The van der Waals surface area contributed by atoms with Crippen molar-refractivity contribution in [2.24, 2.45) is 5.41 Å². The highest BCUT2D eigenvalue weighted by molar-refractivity contribution is 4.78. The molecular weight excluding hydrogens is 236 g/mol. The number of hydrogen-bond acceptors (Lipinski definition) is 3. The van der Waals surface area contributed by atoms with Gasteiger partial charge in [-0.1, -0.05) is 27.7 Å². The van der Waals surface area contributed by atoms with Gasteiger partial charge in [0.1, 0.15) is 0 Å². The summed E-state index contributed by atoms with van der Waals surface area (Å²) >= 11 is 0. The molecule has 0 unspecified atom stereocenters. The van der Waals surface area contributed by atoms with Gasteiger partial charge < -0.3 is 15.0 Å². The van der Waals surface area contributed by atoms with Crippen LogP contribution in [0.5, 0.6) is 0 Å². The van der Waals surface area contributed by atoms with Crippen molar-refractivity contribution in [3.05, 3.63) is 0 Å². The first-order valence-corrected chi connectivity index (χ1v) is 8.12. The number of rotatable bonds is 9. The summed E-state index contributed by atoms with van der Waals surface area (Å²) in [6, 6.07) is 0. The quantitative estimate of drug-likeness (QED) is 0.652. The molecule has 0 bridgehead atoms. The number of ether oxygens (including phenoxy) is 1. The fraction of sp³-hybridized carbons (Fsp3) is 1.00. The molecule has 1 fully saturated rings. The predicted octanol–water partition coefficient (Wildman–Crippen LogP) is 2.90. The monoisotopic (exact) mass is 270 g/mol. The van der Waals surface area contributed by atoms with Crippen LogP contribution in [0.15, 0.2) is 0 Å². The van der Waals surface area contributed by atoms with E-state index in [1.807, 2.05) is 0 Å². The summed E-state index contributed by atoms with van der Waals surface area (Å²) in [7, 11) is 0. The Morgan fingerprint density at radius 1 is 1.11 bits per heavy atom. The molecule has 0 radical (unpaired) electrons. The Morgan fingerprint density at radius 2 is 1.74 bits per heavy atom. The smallest absolute Gasteiger partial charge is 0.0594 e. The molecule has 1 rings (SSSR count). The van der Waals surface area contributed by atoms with Crippen molar-refractivity contribution < 1.29 is 4.74 Å². The summed E-state index contributed by atoms with van der Waals surface area (Å²) in [4.78, 5) is 2.44. The van der Waals surface area contributed by atoms with Crippen LogP contribution in [-0.4, -0.2) is 50.3 Å². The Bertz CT molecular complexity index is 217. The summed E-state index contributed by atoms with van der Waals surface area (Å²) in [5, 5.41) is 3.47. The van der Waals surface area contributed by atoms with Crippen LogP contribution >= 0.6 is 0 Å². The summed E-state index contributed by atoms with van der Waals surface area (Å²) in [5.74, 6) is 0. The zero-order valence-electron chi connectivity index (χ0n) is 13.5. The van der Waals surface area contributed by atoms with Crippen LogP contribution in [0, 0.1) is 5.41 Å². The van der Waals surface area contributed by atoms with E-state index in [9.17, 15) is 0 Å². The molecule has 1 aliphatic carbocycles. The van der Waals surface area contributed by atoms with Crippen molar-refractivity contribution in [2.75, 3.05) is 39.3 Å². The van der Waals surface area contributed by atoms with E-state index in [-0.39, 0.29) is 0 Å². The molecule has 3 heteroatoms. The normalized spacial score (nSPS) is 20.1. The molecule has 19 heavy (non-hydrogen) atoms. The molecule has 0 aliphatic heterocycles. The molecule has 0 aromatic rings. The number of likely N-dealkylation sites (N-methyl/N-ethyl adjacent to an activating group) is 1. The van der Waals surface area contributed by atoms with Gasteiger partial charge in [-0.2, -0.15) is 0 Å². The minimum atomic E-state index is 0.512. The van der Waals surface area contributed by atoms with E-state index in [1.54, 1.807) is 0 Å². The molecule has 0 saturated heterocycles. The Hall–Kier alpha value is -0.120.